The molecule has 0 atom stereocenters. The van der Waals surface area contributed by atoms with Gasteiger partial charge < -0.3 is 4.79 Å². The first-order valence-corrected chi connectivity index (χ1v) is 3.08. The van der Waals surface area contributed by atoms with Gasteiger partial charge in [0.1, 0.15) is 5.78 Å². The number of hydrogen-bond donors (Lipinski definition) is 0. The third-order valence-electron chi connectivity index (χ3n) is 0.989. The molecule has 0 saturated heterocycles. The Hall–Kier alpha value is -0.330. The van der Waals surface area contributed by atoms with Crippen LogP contribution in [0.4, 0.5) is 0 Å². The standard InChI is InChI=1S/C7H13O/c1-3-4-5-6-7(2)8/h4H,3,5-6H2,1-2H3. The first kappa shape index (κ1) is 7.67. The summed E-state index contributed by atoms with van der Waals surface area (Å²) in [6, 6.07) is 0. The average molecular weight is 113 g/mol. The lowest BCUT2D eigenvalue weighted by Gasteiger charge is -1.90. The van der Waals surface area contributed by atoms with Crippen molar-refractivity contribution in [2.24, 2.45) is 0 Å². The molecule has 0 aromatic rings. The predicted molar refractivity (Wildman–Crippen MR) is 34.5 cm³/mol. The van der Waals surface area contributed by atoms with E-state index in [1.807, 2.05) is 0 Å². The van der Waals surface area contributed by atoms with Crippen LogP contribution in [0.5, 0.6) is 0 Å². The summed E-state index contributed by atoms with van der Waals surface area (Å²) in [6.07, 6.45) is 4.87. The second kappa shape index (κ2) is 4.82. The van der Waals surface area contributed by atoms with Gasteiger partial charge in [0.15, 0.2) is 0 Å². The fraction of sp³-hybridized carbons (Fsp3) is 0.714. The molecule has 1 heteroatoms. The third kappa shape index (κ3) is 5.67. The molecule has 8 heavy (non-hydrogen) atoms. The van der Waals surface area contributed by atoms with E-state index in [9.17, 15) is 4.79 Å². The lowest BCUT2D eigenvalue weighted by atomic mass is 10.2. The van der Waals surface area contributed by atoms with Crippen molar-refractivity contribution in [2.45, 2.75) is 33.1 Å². The summed E-state index contributed by atoms with van der Waals surface area (Å²) in [7, 11) is 0. The van der Waals surface area contributed by atoms with Crippen molar-refractivity contribution in [1.82, 2.24) is 0 Å². The first-order chi connectivity index (χ1) is 3.77. The fourth-order valence-corrected chi connectivity index (χ4v) is 0.509. The van der Waals surface area contributed by atoms with Crippen molar-refractivity contribution >= 4 is 5.78 Å². The molecular weight excluding hydrogens is 100 g/mol. The number of rotatable bonds is 4. The number of Topliss-reactive ketones (excluding diaryl/α,β-unsaturated/α-hetero) is 1. The normalized spacial score (nSPS) is 9.25. The van der Waals surface area contributed by atoms with Crippen molar-refractivity contribution in [3.63, 3.8) is 0 Å². The summed E-state index contributed by atoms with van der Waals surface area (Å²) in [5.74, 6) is 0.287. The van der Waals surface area contributed by atoms with Gasteiger partial charge in [-0.2, -0.15) is 0 Å². The zero-order valence-electron chi connectivity index (χ0n) is 5.61. The monoisotopic (exact) mass is 113 g/mol. The van der Waals surface area contributed by atoms with Gasteiger partial charge in [-0.15, -0.1) is 0 Å². The van der Waals surface area contributed by atoms with Crippen LogP contribution in [0, 0.1) is 6.42 Å². The largest absolute Gasteiger partial charge is 0.300 e. The quantitative estimate of drug-likeness (QED) is 0.509. The Labute approximate surface area is 51.1 Å². The molecule has 0 heterocycles. The number of ketones is 1. The highest BCUT2D eigenvalue weighted by Crippen LogP contribution is 1.96. The Bertz CT molecular complexity index is 66.8. The topological polar surface area (TPSA) is 17.1 Å². The van der Waals surface area contributed by atoms with Crippen molar-refractivity contribution < 1.29 is 4.79 Å². The molecule has 0 bridgehead atoms. The van der Waals surface area contributed by atoms with Gasteiger partial charge in [-0.05, 0) is 19.8 Å². The molecule has 47 valence electrons. The number of carbonyl (C=O) groups is 1. The Kier molecular flexibility index (Phi) is 4.62. The average Bonchev–Trinajstić information content (AvgIpc) is 1.66. The summed E-state index contributed by atoms with van der Waals surface area (Å²) in [6.45, 7) is 3.71. The molecule has 0 aliphatic heterocycles. The van der Waals surface area contributed by atoms with E-state index in [4.69, 9.17) is 0 Å². The van der Waals surface area contributed by atoms with Gasteiger partial charge in [-0.25, -0.2) is 0 Å². The Balaban J connectivity index is 2.82. The molecule has 0 unspecified atom stereocenters. The number of hydrogen-bond acceptors (Lipinski definition) is 1. The van der Waals surface area contributed by atoms with E-state index in [2.05, 4.69) is 13.3 Å². The maximum absolute atomic E-state index is 10.3. The smallest absolute Gasteiger partial charge is 0.129 e. The summed E-state index contributed by atoms with van der Waals surface area (Å²) < 4.78 is 0. The second-order valence-electron chi connectivity index (χ2n) is 1.94. The molecule has 1 radical (unpaired) electrons. The first-order valence-electron chi connectivity index (χ1n) is 3.08. The summed E-state index contributed by atoms with van der Waals surface area (Å²) in [5, 5.41) is 0. The molecule has 0 aliphatic rings. The lowest BCUT2D eigenvalue weighted by Crippen LogP contribution is -1.88. The Morgan fingerprint density at radius 3 is 2.62 bits per heavy atom. The maximum atomic E-state index is 10.3. The van der Waals surface area contributed by atoms with Gasteiger partial charge in [-0.1, -0.05) is 13.3 Å². The van der Waals surface area contributed by atoms with Crippen molar-refractivity contribution in [1.29, 1.82) is 0 Å². The number of carbonyl (C=O) groups excluding carboxylic acids is 1. The van der Waals surface area contributed by atoms with E-state index in [0.717, 1.165) is 12.8 Å². The maximum Gasteiger partial charge on any atom is 0.129 e. The Morgan fingerprint density at radius 1 is 1.62 bits per heavy atom. The molecule has 0 saturated carbocycles. The molecule has 0 spiro atoms. The minimum atomic E-state index is 0.287. The fourth-order valence-electron chi connectivity index (χ4n) is 0.509. The third-order valence-corrected chi connectivity index (χ3v) is 0.989. The highest BCUT2D eigenvalue weighted by Gasteiger charge is 1.89. The molecule has 0 fully saturated rings. The van der Waals surface area contributed by atoms with Crippen molar-refractivity contribution in [2.75, 3.05) is 0 Å². The number of unbranched alkanes of at least 4 members (excludes halogenated alkanes) is 2. The van der Waals surface area contributed by atoms with Crippen LogP contribution in [0.1, 0.15) is 33.1 Å². The molecule has 1 nitrogen and oxygen atoms in total. The zero-order valence-corrected chi connectivity index (χ0v) is 5.61. The molecule has 0 aliphatic carbocycles. The molecule has 0 aromatic carbocycles. The Morgan fingerprint density at radius 2 is 2.25 bits per heavy atom. The van der Waals surface area contributed by atoms with E-state index >= 15 is 0 Å². The summed E-state index contributed by atoms with van der Waals surface area (Å²) >= 11 is 0. The van der Waals surface area contributed by atoms with Crippen LogP contribution in [-0.4, -0.2) is 5.78 Å². The van der Waals surface area contributed by atoms with Crippen LogP contribution >= 0.6 is 0 Å². The highest BCUT2D eigenvalue weighted by molar-refractivity contribution is 5.75. The van der Waals surface area contributed by atoms with E-state index in [1.54, 1.807) is 6.92 Å². The molecule has 0 N–H and O–H groups in total. The van der Waals surface area contributed by atoms with Crippen LogP contribution in [0.15, 0.2) is 0 Å². The second-order valence-corrected chi connectivity index (χ2v) is 1.94. The van der Waals surface area contributed by atoms with Gasteiger partial charge in [0.2, 0.25) is 0 Å². The van der Waals surface area contributed by atoms with Gasteiger partial charge >= 0.3 is 0 Å². The van der Waals surface area contributed by atoms with E-state index in [0.29, 0.717) is 6.42 Å². The minimum Gasteiger partial charge on any atom is -0.300 e. The van der Waals surface area contributed by atoms with Gasteiger partial charge in [0.25, 0.3) is 0 Å². The van der Waals surface area contributed by atoms with E-state index in [1.165, 1.54) is 0 Å². The zero-order chi connectivity index (χ0) is 6.41. The molecule has 0 amide bonds. The minimum absolute atomic E-state index is 0.287. The summed E-state index contributed by atoms with van der Waals surface area (Å²) in [5.41, 5.74) is 0. The predicted octanol–water partition coefficient (Wildman–Crippen LogP) is 1.97. The van der Waals surface area contributed by atoms with Crippen LogP contribution in [-0.2, 0) is 4.79 Å². The van der Waals surface area contributed by atoms with Crippen LogP contribution in [0.3, 0.4) is 0 Å². The lowest BCUT2D eigenvalue weighted by molar-refractivity contribution is -0.116. The van der Waals surface area contributed by atoms with Crippen molar-refractivity contribution in [3.8, 4) is 0 Å². The van der Waals surface area contributed by atoms with E-state index in [-0.39, 0.29) is 5.78 Å². The SMILES string of the molecule is CC[CH]CCC(C)=O. The highest BCUT2D eigenvalue weighted by atomic mass is 16.1. The van der Waals surface area contributed by atoms with Crippen LogP contribution in [0.2, 0.25) is 0 Å². The molecular formula is C7H13O. The van der Waals surface area contributed by atoms with Gasteiger partial charge in [-0.3, -0.25) is 0 Å². The van der Waals surface area contributed by atoms with Crippen LogP contribution in [0.25, 0.3) is 0 Å². The van der Waals surface area contributed by atoms with E-state index < -0.39 is 0 Å². The molecule has 0 rings (SSSR count). The summed E-state index contributed by atoms with van der Waals surface area (Å²) in [4.78, 5) is 10.3. The van der Waals surface area contributed by atoms with Gasteiger partial charge in [0, 0.05) is 6.42 Å². The van der Waals surface area contributed by atoms with Crippen molar-refractivity contribution in [3.05, 3.63) is 6.42 Å². The van der Waals surface area contributed by atoms with Gasteiger partial charge in [0.05, 0.1) is 0 Å². The molecule has 0 aromatic heterocycles. The van der Waals surface area contributed by atoms with Crippen LogP contribution < -0.4 is 0 Å².